The lowest BCUT2D eigenvalue weighted by molar-refractivity contribution is 0.0956. The number of amides is 1. The second-order valence-electron chi connectivity index (χ2n) is 5.27. The Morgan fingerprint density at radius 3 is 2.14 bits per heavy atom. The van der Waals surface area contributed by atoms with Crippen LogP contribution >= 0.6 is 0 Å². The molecule has 0 radical (unpaired) electrons. The van der Waals surface area contributed by atoms with E-state index in [1.165, 1.54) is 0 Å². The van der Waals surface area contributed by atoms with E-state index in [0.717, 1.165) is 34.6 Å². The molecule has 0 saturated heterocycles. The average molecular weight is 293 g/mol. The molecule has 3 aromatic rings. The SMILES string of the molecule is NCCCCNC(=O)c1c2ccccc2nc2ccccc12. The number of nitrogens with two attached hydrogens (primary N) is 1. The Kier molecular flexibility index (Phi) is 4.30. The highest BCUT2D eigenvalue weighted by Crippen LogP contribution is 2.25. The molecule has 2 aromatic carbocycles. The number of carbonyl (C=O) groups excluding carboxylic acids is 1. The molecule has 4 heteroatoms. The van der Waals surface area contributed by atoms with Crippen molar-refractivity contribution in [2.75, 3.05) is 13.1 Å². The van der Waals surface area contributed by atoms with E-state index in [4.69, 9.17) is 5.73 Å². The van der Waals surface area contributed by atoms with Crippen molar-refractivity contribution in [3.63, 3.8) is 0 Å². The molecule has 1 aromatic heterocycles. The van der Waals surface area contributed by atoms with E-state index in [0.29, 0.717) is 18.7 Å². The monoisotopic (exact) mass is 293 g/mol. The summed E-state index contributed by atoms with van der Waals surface area (Å²) >= 11 is 0. The molecule has 3 rings (SSSR count). The quantitative estimate of drug-likeness (QED) is 0.561. The van der Waals surface area contributed by atoms with Crippen LogP contribution in [-0.2, 0) is 0 Å². The standard InChI is InChI=1S/C18H19N3O/c19-11-5-6-12-20-18(22)17-13-7-1-3-9-15(13)21-16-10-4-2-8-14(16)17/h1-4,7-10H,5-6,11-12,19H2,(H,20,22). The van der Waals surface area contributed by atoms with Gasteiger partial charge in [0.25, 0.3) is 5.91 Å². The van der Waals surface area contributed by atoms with Crippen molar-refractivity contribution in [2.45, 2.75) is 12.8 Å². The second-order valence-corrected chi connectivity index (χ2v) is 5.27. The first kappa shape index (κ1) is 14.5. The van der Waals surface area contributed by atoms with Gasteiger partial charge in [-0.15, -0.1) is 0 Å². The van der Waals surface area contributed by atoms with Crippen LogP contribution in [0.4, 0.5) is 0 Å². The normalized spacial score (nSPS) is 11.0. The van der Waals surface area contributed by atoms with E-state index in [2.05, 4.69) is 10.3 Å². The largest absolute Gasteiger partial charge is 0.352 e. The van der Waals surface area contributed by atoms with Crippen molar-refractivity contribution >= 4 is 27.7 Å². The molecule has 0 saturated carbocycles. The summed E-state index contributed by atoms with van der Waals surface area (Å²) in [5.41, 5.74) is 7.87. The molecule has 1 amide bonds. The summed E-state index contributed by atoms with van der Waals surface area (Å²) in [6, 6.07) is 15.5. The van der Waals surface area contributed by atoms with Crippen LogP contribution in [-0.4, -0.2) is 24.0 Å². The van der Waals surface area contributed by atoms with E-state index in [1.807, 2.05) is 48.5 Å². The molecule has 0 spiro atoms. The van der Waals surface area contributed by atoms with Gasteiger partial charge >= 0.3 is 0 Å². The Labute approximate surface area is 129 Å². The first-order chi connectivity index (χ1) is 10.8. The number of unbranched alkanes of at least 4 members (excludes halogenated alkanes) is 1. The smallest absolute Gasteiger partial charge is 0.252 e. The summed E-state index contributed by atoms with van der Waals surface area (Å²) in [7, 11) is 0. The lowest BCUT2D eigenvalue weighted by Gasteiger charge is -2.11. The Hall–Kier alpha value is -2.46. The van der Waals surface area contributed by atoms with Crippen LogP contribution in [0.2, 0.25) is 0 Å². The van der Waals surface area contributed by atoms with Crippen LogP contribution in [0.5, 0.6) is 0 Å². The van der Waals surface area contributed by atoms with Crippen molar-refractivity contribution < 1.29 is 4.79 Å². The molecule has 22 heavy (non-hydrogen) atoms. The van der Waals surface area contributed by atoms with Gasteiger partial charge in [0.15, 0.2) is 0 Å². The van der Waals surface area contributed by atoms with Gasteiger partial charge in [-0.05, 0) is 31.5 Å². The number of nitrogens with one attached hydrogen (secondary N) is 1. The molecule has 4 nitrogen and oxygen atoms in total. The molecule has 3 N–H and O–H groups in total. The number of para-hydroxylation sites is 2. The molecule has 0 fully saturated rings. The second kappa shape index (κ2) is 6.54. The molecular formula is C18H19N3O. The van der Waals surface area contributed by atoms with Gasteiger partial charge in [0.2, 0.25) is 0 Å². The Balaban J connectivity index is 2.06. The predicted molar refractivity (Wildman–Crippen MR) is 89.9 cm³/mol. The van der Waals surface area contributed by atoms with Crippen LogP contribution < -0.4 is 11.1 Å². The molecule has 0 aliphatic heterocycles. The zero-order valence-electron chi connectivity index (χ0n) is 12.4. The molecule has 112 valence electrons. The number of nitrogens with zero attached hydrogens (tertiary/aromatic N) is 1. The zero-order chi connectivity index (χ0) is 15.4. The maximum absolute atomic E-state index is 12.7. The van der Waals surface area contributed by atoms with E-state index in [-0.39, 0.29) is 5.91 Å². The number of benzene rings is 2. The van der Waals surface area contributed by atoms with E-state index in [1.54, 1.807) is 0 Å². The third kappa shape index (κ3) is 2.78. The fraction of sp³-hybridized carbons (Fsp3) is 0.222. The van der Waals surface area contributed by atoms with Crippen LogP contribution in [0, 0.1) is 0 Å². The fourth-order valence-electron chi connectivity index (χ4n) is 2.64. The number of aromatic nitrogens is 1. The van der Waals surface area contributed by atoms with Gasteiger partial charge < -0.3 is 11.1 Å². The number of hydrogen-bond acceptors (Lipinski definition) is 3. The van der Waals surface area contributed by atoms with Gasteiger partial charge in [-0.3, -0.25) is 4.79 Å². The molecule has 0 aliphatic rings. The van der Waals surface area contributed by atoms with Crippen LogP contribution in [0.25, 0.3) is 21.8 Å². The van der Waals surface area contributed by atoms with Gasteiger partial charge in [-0.25, -0.2) is 4.98 Å². The lowest BCUT2D eigenvalue weighted by atomic mass is 10.0. The molecular weight excluding hydrogens is 274 g/mol. The highest BCUT2D eigenvalue weighted by molar-refractivity contribution is 6.16. The number of hydrogen-bond donors (Lipinski definition) is 2. The molecule has 0 unspecified atom stereocenters. The topological polar surface area (TPSA) is 68.0 Å². The molecule has 0 aliphatic carbocycles. The van der Waals surface area contributed by atoms with Crippen molar-refractivity contribution in [2.24, 2.45) is 5.73 Å². The van der Waals surface area contributed by atoms with E-state index < -0.39 is 0 Å². The minimum atomic E-state index is -0.0492. The number of fused-ring (bicyclic) bond motifs is 2. The van der Waals surface area contributed by atoms with Crippen LogP contribution in [0.3, 0.4) is 0 Å². The number of carbonyl (C=O) groups is 1. The summed E-state index contributed by atoms with van der Waals surface area (Å²) in [4.78, 5) is 17.3. The average Bonchev–Trinajstić information content (AvgIpc) is 2.56. The lowest BCUT2D eigenvalue weighted by Crippen LogP contribution is -2.25. The first-order valence-electron chi connectivity index (χ1n) is 7.57. The van der Waals surface area contributed by atoms with Gasteiger partial charge in [-0.1, -0.05) is 36.4 Å². The summed E-state index contributed by atoms with van der Waals surface area (Å²) in [6.07, 6.45) is 1.81. The van der Waals surface area contributed by atoms with Gasteiger partial charge in [0.05, 0.1) is 16.6 Å². The minimum Gasteiger partial charge on any atom is -0.352 e. The Morgan fingerprint density at radius 2 is 1.55 bits per heavy atom. The number of pyridine rings is 1. The summed E-state index contributed by atoms with van der Waals surface area (Å²) in [5, 5.41) is 4.77. The van der Waals surface area contributed by atoms with Gasteiger partial charge in [-0.2, -0.15) is 0 Å². The maximum atomic E-state index is 12.7. The fourth-order valence-corrected chi connectivity index (χ4v) is 2.64. The third-order valence-electron chi connectivity index (χ3n) is 3.73. The predicted octanol–water partition coefficient (Wildman–Crippen LogP) is 2.86. The molecule has 0 atom stereocenters. The van der Waals surface area contributed by atoms with E-state index >= 15 is 0 Å². The van der Waals surface area contributed by atoms with Crippen LogP contribution in [0.15, 0.2) is 48.5 Å². The van der Waals surface area contributed by atoms with Gasteiger partial charge in [0, 0.05) is 17.3 Å². The highest BCUT2D eigenvalue weighted by atomic mass is 16.1. The molecule has 1 heterocycles. The first-order valence-corrected chi connectivity index (χ1v) is 7.57. The minimum absolute atomic E-state index is 0.0492. The van der Waals surface area contributed by atoms with Crippen molar-refractivity contribution in [3.8, 4) is 0 Å². The van der Waals surface area contributed by atoms with Gasteiger partial charge in [0.1, 0.15) is 0 Å². The third-order valence-corrected chi connectivity index (χ3v) is 3.73. The number of rotatable bonds is 5. The van der Waals surface area contributed by atoms with Crippen molar-refractivity contribution in [1.82, 2.24) is 10.3 Å². The Morgan fingerprint density at radius 1 is 0.955 bits per heavy atom. The summed E-state index contributed by atoms with van der Waals surface area (Å²) in [5.74, 6) is -0.0492. The summed E-state index contributed by atoms with van der Waals surface area (Å²) < 4.78 is 0. The molecule has 0 bridgehead atoms. The van der Waals surface area contributed by atoms with Crippen molar-refractivity contribution in [3.05, 3.63) is 54.1 Å². The zero-order valence-corrected chi connectivity index (χ0v) is 12.4. The highest BCUT2D eigenvalue weighted by Gasteiger charge is 2.15. The maximum Gasteiger partial charge on any atom is 0.252 e. The van der Waals surface area contributed by atoms with Crippen molar-refractivity contribution in [1.29, 1.82) is 0 Å². The summed E-state index contributed by atoms with van der Waals surface area (Å²) in [6.45, 7) is 1.29. The Bertz CT molecular complexity index is 760. The van der Waals surface area contributed by atoms with Crippen LogP contribution in [0.1, 0.15) is 23.2 Å². The van der Waals surface area contributed by atoms with E-state index in [9.17, 15) is 4.79 Å².